The molecule has 5 rings (SSSR count). The van der Waals surface area contributed by atoms with Gasteiger partial charge in [-0.15, -0.1) is 11.3 Å². The van der Waals surface area contributed by atoms with Crippen LogP contribution >= 0.6 is 22.9 Å². The summed E-state index contributed by atoms with van der Waals surface area (Å²) in [6.07, 6.45) is 4.80. The molecule has 1 unspecified atom stereocenters. The number of thiophene rings is 1. The number of benzene rings is 1. The highest BCUT2D eigenvalue weighted by Gasteiger charge is 2.39. The van der Waals surface area contributed by atoms with Gasteiger partial charge in [-0.05, 0) is 61.4 Å². The highest BCUT2D eigenvalue weighted by Crippen LogP contribution is 2.49. The summed E-state index contributed by atoms with van der Waals surface area (Å²) >= 11 is 6.85. The summed E-state index contributed by atoms with van der Waals surface area (Å²) in [5.74, 6) is -0.692. The SMILES string of the molecule is O=C1CCCCCc2oc(=O)c(C(c3cccc(NS(=O)(=O)c4ccc(Cl)s4)c3)C3CC3)c(O)c21. The largest absolute Gasteiger partial charge is 0.506 e. The van der Waals surface area contributed by atoms with Crippen molar-refractivity contribution in [2.75, 3.05) is 4.72 Å². The summed E-state index contributed by atoms with van der Waals surface area (Å²) in [6.45, 7) is 0. The molecule has 1 fully saturated rings. The van der Waals surface area contributed by atoms with Crippen LogP contribution in [0.2, 0.25) is 4.34 Å². The molecule has 0 aliphatic heterocycles. The summed E-state index contributed by atoms with van der Waals surface area (Å²) < 4.78 is 34.2. The van der Waals surface area contributed by atoms with Crippen molar-refractivity contribution in [2.24, 2.45) is 5.92 Å². The van der Waals surface area contributed by atoms with E-state index in [9.17, 15) is 23.1 Å². The average Bonchev–Trinajstić information content (AvgIpc) is 3.53. The third-order valence-corrected chi connectivity index (χ3v) is 9.61. The van der Waals surface area contributed by atoms with E-state index in [0.29, 0.717) is 28.4 Å². The Bertz CT molecular complexity index is 1450. The first kappa shape index (κ1) is 24.1. The number of hydrogen-bond acceptors (Lipinski definition) is 7. The van der Waals surface area contributed by atoms with Gasteiger partial charge in [-0.1, -0.05) is 30.2 Å². The number of Topliss-reactive ketones (excluding diaryl/α,β-unsaturated/α-hetero) is 1. The highest BCUT2D eigenvalue weighted by molar-refractivity contribution is 7.94. The van der Waals surface area contributed by atoms with Gasteiger partial charge in [0.05, 0.1) is 15.5 Å². The first-order valence-electron chi connectivity index (χ1n) is 11.5. The maximum absolute atomic E-state index is 13.1. The van der Waals surface area contributed by atoms with Crippen LogP contribution in [0.4, 0.5) is 5.69 Å². The van der Waals surface area contributed by atoms with Crippen molar-refractivity contribution in [3.05, 3.63) is 73.6 Å². The number of anilines is 1. The molecule has 35 heavy (non-hydrogen) atoms. The topological polar surface area (TPSA) is 114 Å². The molecule has 2 aliphatic rings. The molecule has 184 valence electrons. The molecule has 7 nitrogen and oxygen atoms in total. The Morgan fingerprint density at radius 2 is 1.86 bits per heavy atom. The van der Waals surface area contributed by atoms with E-state index in [-0.39, 0.29) is 38.5 Å². The van der Waals surface area contributed by atoms with Gasteiger partial charge in [-0.3, -0.25) is 9.52 Å². The Morgan fingerprint density at radius 1 is 1.09 bits per heavy atom. The number of fused-ring (bicyclic) bond motifs is 1. The maximum atomic E-state index is 13.1. The van der Waals surface area contributed by atoms with Crippen molar-refractivity contribution >= 4 is 44.4 Å². The fraction of sp³-hybridized carbons (Fsp3) is 0.360. The maximum Gasteiger partial charge on any atom is 0.343 e. The lowest BCUT2D eigenvalue weighted by molar-refractivity contribution is 0.0968. The number of aromatic hydroxyl groups is 1. The summed E-state index contributed by atoms with van der Waals surface area (Å²) in [5.41, 5.74) is 0.536. The minimum absolute atomic E-state index is 0.0743. The first-order valence-corrected chi connectivity index (χ1v) is 14.2. The van der Waals surface area contributed by atoms with Crippen LogP contribution in [0, 0.1) is 5.92 Å². The second-order valence-electron chi connectivity index (χ2n) is 9.04. The lowest BCUT2D eigenvalue weighted by atomic mass is 9.85. The number of hydrogen-bond donors (Lipinski definition) is 2. The molecule has 1 aromatic carbocycles. The van der Waals surface area contributed by atoms with E-state index in [1.807, 2.05) is 0 Å². The van der Waals surface area contributed by atoms with Crippen LogP contribution in [0.15, 0.2) is 49.8 Å². The molecule has 0 spiro atoms. The molecule has 10 heteroatoms. The Hall–Kier alpha value is -2.62. The van der Waals surface area contributed by atoms with Gasteiger partial charge in [0, 0.05) is 24.4 Å². The van der Waals surface area contributed by atoms with E-state index in [1.54, 1.807) is 24.3 Å². The van der Waals surface area contributed by atoms with Crippen LogP contribution in [0.5, 0.6) is 5.75 Å². The minimum atomic E-state index is -3.84. The van der Waals surface area contributed by atoms with Gasteiger partial charge in [0.25, 0.3) is 10.0 Å². The lowest BCUT2D eigenvalue weighted by Crippen LogP contribution is -2.21. The molecule has 1 atom stereocenters. The molecule has 1 saturated carbocycles. The van der Waals surface area contributed by atoms with E-state index < -0.39 is 21.6 Å². The molecular weight excluding hydrogens is 510 g/mol. The molecule has 2 heterocycles. The number of carbonyl (C=O) groups excluding carboxylic acids is 1. The number of rotatable bonds is 6. The smallest absolute Gasteiger partial charge is 0.343 e. The van der Waals surface area contributed by atoms with E-state index in [1.165, 1.54) is 12.1 Å². The molecule has 0 amide bonds. The van der Waals surface area contributed by atoms with Crippen molar-refractivity contribution in [3.63, 3.8) is 0 Å². The van der Waals surface area contributed by atoms with Crippen LogP contribution < -0.4 is 10.3 Å². The zero-order valence-corrected chi connectivity index (χ0v) is 21.1. The molecule has 2 aliphatic carbocycles. The molecule has 0 bridgehead atoms. The van der Waals surface area contributed by atoms with Gasteiger partial charge in [0.1, 0.15) is 15.7 Å². The standard InChI is InChI=1S/C25H24ClNO6S2/c26-19-11-12-20(34-19)35(31,32)27-16-6-4-5-15(13-16)21(14-9-10-14)23-24(29)22-17(28)7-2-1-3-8-18(22)33-25(23)30/h4-6,11-14,21,27,29H,1-3,7-10H2. The number of sulfonamides is 1. The van der Waals surface area contributed by atoms with Crippen molar-refractivity contribution in [2.45, 2.75) is 55.1 Å². The number of halogens is 1. The monoisotopic (exact) mass is 533 g/mol. The van der Waals surface area contributed by atoms with Crippen molar-refractivity contribution in [3.8, 4) is 5.75 Å². The zero-order valence-electron chi connectivity index (χ0n) is 18.8. The summed E-state index contributed by atoms with van der Waals surface area (Å²) in [6, 6.07) is 9.72. The minimum Gasteiger partial charge on any atom is -0.506 e. The fourth-order valence-corrected chi connectivity index (χ4v) is 7.27. The van der Waals surface area contributed by atoms with Gasteiger partial charge in [-0.25, -0.2) is 13.2 Å². The van der Waals surface area contributed by atoms with E-state index in [0.717, 1.165) is 43.4 Å². The van der Waals surface area contributed by atoms with Gasteiger partial charge in [0.2, 0.25) is 0 Å². The normalized spacial score (nSPS) is 17.3. The molecular formula is C25H24ClNO6S2. The van der Waals surface area contributed by atoms with Crippen LogP contribution in [-0.4, -0.2) is 19.3 Å². The van der Waals surface area contributed by atoms with Crippen molar-refractivity contribution in [1.82, 2.24) is 0 Å². The zero-order chi connectivity index (χ0) is 24.7. The van der Waals surface area contributed by atoms with Crippen molar-refractivity contribution < 1.29 is 22.7 Å². The lowest BCUT2D eigenvalue weighted by Gasteiger charge is -2.21. The van der Waals surface area contributed by atoms with Crippen LogP contribution in [0.3, 0.4) is 0 Å². The Kier molecular flexibility index (Phi) is 6.50. The van der Waals surface area contributed by atoms with Gasteiger partial charge < -0.3 is 9.52 Å². The summed E-state index contributed by atoms with van der Waals surface area (Å²) in [5, 5.41) is 11.2. The summed E-state index contributed by atoms with van der Waals surface area (Å²) in [7, 11) is -3.84. The predicted molar refractivity (Wildman–Crippen MR) is 134 cm³/mol. The van der Waals surface area contributed by atoms with Crippen molar-refractivity contribution in [1.29, 1.82) is 0 Å². The van der Waals surface area contributed by atoms with Gasteiger partial charge in [0.15, 0.2) is 5.78 Å². The molecule has 0 saturated heterocycles. The number of ketones is 1. The van der Waals surface area contributed by atoms with E-state index in [4.69, 9.17) is 16.0 Å². The predicted octanol–water partition coefficient (Wildman–Crippen LogP) is 5.70. The third kappa shape index (κ3) is 4.90. The van der Waals surface area contributed by atoms with E-state index >= 15 is 0 Å². The first-order chi connectivity index (χ1) is 16.7. The Labute approximate surface area is 211 Å². The molecule has 3 aromatic rings. The van der Waals surface area contributed by atoms with Crippen LogP contribution in [0.1, 0.15) is 71.7 Å². The number of nitrogens with one attached hydrogen (secondary N) is 1. The quantitative estimate of drug-likeness (QED) is 0.420. The second-order valence-corrected chi connectivity index (χ2v) is 12.7. The number of carbonyl (C=O) groups is 1. The Morgan fingerprint density at radius 3 is 2.57 bits per heavy atom. The second kappa shape index (κ2) is 9.44. The molecule has 2 N–H and O–H groups in total. The molecule has 2 aromatic heterocycles. The third-order valence-electron chi connectivity index (χ3n) is 6.51. The van der Waals surface area contributed by atoms with E-state index in [2.05, 4.69) is 4.72 Å². The van der Waals surface area contributed by atoms with Gasteiger partial charge >= 0.3 is 5.63 Å². The van der Waals surface area contributed by atoms with Gasteiger partial charge in [-0.2, -0.15) is 0 Å². The average molecular weight is 534 g/mol. The summed E-state index contributed by atoms with van der Waals surface area (Å²) in [4.78, 5) is 25.9. The Balaban J connectivity index is 1.56. The number of aryl methyl sites for hydroxylation is 1. The molecule has 0 radical (unpaired) electrons. The highest BCUT2D eigenvalue weighted by atomic mass is 35.5. The van der Waals surface area contributed by atoms with Crippen LogP contribution in [-0.2, 0) is 16.4 Å². The van der Waals surface area contributed by atoms with Crippen LogP contribution in [0.25, 0.3) is 0 Å². The fourth-order valence-electron chi connectivity index (χ4n) is 4.74.